The Morgan fingerprint density at radius 3 is 2.17 bits per heavy atom. The highest BCUT2D eigenvalue weighted by Gasteiger charge is 2.15. The fraction of sp³-hybridized carbons (Fsp3) is 0.286. The molecule has 164 valence electrons. The van der Waals surface area contributed by atoms with Crippen LogP contribution in [0.5, 0.6) is 23.0 Å². The quantitative estimate of drug-likeness (QED) is 0.516. The van der Waals surface area contributed by atoms with Crippen molar-refractivity contribution in [3.63, 3.8) is 0 Å². The molecule has 0 bridgehead atoms. The van der Waals surface area contributed by atoms with E-state index in [1.54, 1.807) is 51.7 Å². The number of aliphatic hydroxyl groups is 1. The zero-order valence-electron chi connectivity index (χ0n) is 17.3. The third-order valence-electron chi connectivity index (χ3n) is 4.19. The molecule has 2 aromatic rings. The van der Waals surface area contributed by atoms with Gasteiger partial charge in [-0.05, 0) is 35.4 Å². The topological polar surface area (TPSA) is 112 Å². The van der Waals surface area contributed by atoms with Gasteiger partial charge in [-0.25, -0.2) is 0 Å². The molecule has 0 unspecified atom stereocenters. The van der Waals surface area contributed by atoms with Gasteiger partial charge in [0.05, 0.1) is 40.7 Å². The van der Waals surface area contributed by atoms with Gasteiger partial charge in [-0.15, -0.1) is 12.4 Å². The highest BCUT2D eigenvalue weighted by molar-refractivity contribution is 5.97. The SMILES string of the molecule is COc1ccc(/C=C/c2cc(OC)c(OC)c(OC)c2)c(NC(=O)[C@H](N)CO)c1.Cl. The summed E-state index contributed by atoms with van der Waals surface area (Å²) in [4.78, 5) is 12.1. The number of halogens is 1. The summed E-state index contributed by atoms with van der Waals surface area (Å²) in [5.74, 6) is 1.64. The molecular weight excluding hydrogens is 412 g/mol. The van der Waals surface area contributed by atoms with E-state index in [9.17, 15) is 4.79 Å². The highest BCUT2D eigenvalue weighted by atomic mass is 35.5. The van der Waals surface area contributed by atoms with Crippen molar-refractivity contribution in [2.75, 3.05) is 40.4 Å². The van der Waals surface area contributed by atoms with Crippen molar-refractivity contribution in [2.45, 2.75) is 6.04 Å². The number of benzene rings is 2. The Morgan fingerprint density at radius 2 is 1.67 bits per heavy atom. The number of carbonyl (C=O) groups excluding carboxylic acids is 1. The molecule has 2 rings (SSSR count). The minimum Gasteiger partial charge on any atom is -0.497 e. The third kappa shape index (κ3) is 6.03. The Labute approximate surface area is 182 Å². The number of hydrogen-bond acceptors (Lipinski definition) is 7. The molecule has 0 aliphatic rings. The van der Waals surface area contributed by atoms with Gasteiger partial charge in [-0.1, -0.05) is 12.2 Å². The lowest BCUT2D eigenvalue weighted by Crippen LogP contribution is -2.38. The van der Waals surface area contributed by atoms with Crippen LogP contribution < -0.4 is 30.0 Å². The zero-order chi connectivity index (χ0) is 21.4. The molecule has 0 fully saturated rings. The molecule has 1 amide bonds. The second-order valence-electron chi connectivity index (χ2n) is 6.02. The van der Waals surface area contributed by atoms with Crippen molar-refractivity contribution >= 4 is 36.2 Å². The van der Waals surface area contributed by atoms with Gasteiger partial charge in [0, 0.05) is 6.07 Å². The number of nitrogens with two attached hydrogens (primary N) is 1. The van der Waals surface area contributed by atoms with E-state index in [1.165, 1.54) is 7.11 Å². The molecule has 0 aliphatic heterocycles. The van der Waals surface area contributed by atoms with Crippen molar-refractivity contribution in [3.8, 4) is 23.0 Å². The van der Waals surface area contributed by atoms with Crippen LogP contribution in [0.2, 0.25) is 0 Å². The van der Waals surface area contributed by atoms with Crippen LogP contribution in [-0.4, -0.2) is 52.1 Å². The molecule has 0 aliphatic carbocycles. The van der Waals surface area contributed by atoms with Gasteiger partial charge in [0.25, 0.3) is 0 Å². The van der Waals surface area contributed by atoms with Gasteiger partial charge in [-0.3, -0.25) is 4.79 Å². The van der Waals surface area contributed by atoms with E-state index in [4.69, 9.17) is 29.8 Å². The maximum atomic E-state index is 12.1. The molecule has 30 heavy (non-hydrogen) atoms. The first-order valence-electron chi connectivity index (χ1n) is 8.80. The number of anilines is 1. The Morgan fingerprint density at radius 1 is 1.03 bits per heavy atom. The molecule has 0 heterocycles. The maximum Gasteiger partial charge on any atom is 0.243 e. The predicted molar refractivity (Wildman–Crippen MR) is 119 cm³/mol. The number of rotatable bonds is 9. The van der Waals surface area contributed by atoms with Crippen LogP contribution in [0, 0.1) is 0 Å². The molecule has 0 radical (unpaired) electrons. The summed E-state index contributed by atoms with van der Waals surface area (Å²) >= 11 is 0. The van der Waals surface area contributed by atoms with Crippen molar-refractivity contribution in [3.05, 3.63) is 41.5 Å². The van der Waals surface area contributed by atoms with E-state index in [1.807, 2.05) is 12.2 Å². The lowest BCUT2D eigenvalue weighted by molar-refractivity contribution is -0.118. The van der Waals surface area contributed by atoms with Gasteiger partial charge in [0.15, 0.2) is 11.5 Å². The van der Waals surface area contributed by atoms with Crippen molar-refractivity contribution < 1.29 is 28.8 Å². The van der Waals surface area contributed by atoms with Gasteiger partial charge in [-0.2, -0.15) is 0 Å². The minimum absolute atomic E-state index is 0. The van der Waals surface area contributed by atoms with Crippen LogP contribution in [0.3, 0.4) is 0 Å². The number of methoxy groups -OCH3 is 4. The van der Waals surface area contributed by atoms with Crippen molar-refractivity contribution in [1.29, 1.82) is 0 Å². The number of nitrogens with one attached hydrogen (secondary N) is 1. The summed E-state index contributed by atoms with van der Waals surface area (Å²) in [6.07, 6.45) is 3.66. The molecule has 2 aromatic carbocycles. The first-order chi connectivity index (χ1) is 14.0. The fourth-order valence-electron chi connectivity index (χ4n) is 2.61. The lowest BCUT2D eigenvalue weighted by Gasteiger charge is -2.14. The van der Waals surface area contributed by atoms with E-state index < -0.39 is 18.6 Å². The van der Waals surface area contributed by atoms with Gasteiger partial charge in [0.1, 0.15) is 11.8 Å². The van der Waals surface area contributed by atoms with E-state index in [0.29, 0.717) is 28.7 Å². The van der Waals surface area contributed by atoms with Gasteiger partial charge < -0.3 is 35.1 Å². The average Bonchev–Trinajstić information content (AvgIpc) is 2.76. The van der Waals surface area contributed by atoms with Crippen molar-refractivity contribution in [2.24, 2.45) is 5.73 Å². The molecule has 0 saturated heterocycles. The molecule has 0 aromatic heterocycles. The number of hydrogen-bond donors (Lipinski definition) is 3. The molecule has 1 atom stereocenters. The van der Waals surface area contributed by atoms with E-state index in [-0.39, 0.29) is 12.4 Å². The smallest absolute Gasteiger partial charge is 0.243 e. The normalized spacial score (nSPS) is 11.4. The standard InChI is InChI=1S/C21H26N2O6.ClH/c1-26-15-8-7-14(17(11-15)23-21(25)16(22)12-24)6-5-13-9-18(27-2)20(29-4)19(10-13)28-3;/h5-11,16,24H,12,22H2,1-4H3,(H,23,25);1H/b6-5+;/t16-;/m1./s1. The van der Waals surface area contributed by atoms with Crippen LogP contribution in [0.1, 0.15) is 11.1 Å². The van der Waals surface area contributed by atoms with Crippen LogP contribution in [0.25, 0.3) is 12.2 Å². The van der Waals surface area contributed by atoms with E-state index >= 15 is 0 Å². The average molecular weight is 439 g/mol. The van der Waals surface area contributed by atoms with Gasteiger partial charge >= 0.3 is 0 Å². The predicted octanol–water partition coefficient (Wildman–Crippen LogP) is 2.57. The van der Waals surface area contributed by atoms with E-state index in [0.717, 1.165) is 11.1 Å². The Hall–Kier alpha value is -2.94. The molecule has 9 heteroatoms. The van der Waals surface area contributed by atoms with Crippen LogP contribution in [-0.2, 0) is 4.79 Å². The summed E-state index contributed by atoms with van der Waals surface area (Å²) < 4.78 is 21.3. The molecule has 0 saturated carbocycles. The maximum absolute atomic E-state index is 12.1. The number of aliphatic hydroxyl groups excluding tert-OH is 1. The first kappa shape index (κ1) is 25.1. The third-order valence-corrected chi connectivity index (χ3v) is 4.19. The number of ether oxygens (including phenoxy) is 4. The fourth-order valence-corrected chi connectivity index (χ4v) is 2.61. The summed E-state index contributed by atoms with van der Waals surface area (Å²) in [6, 6.07) is 7.84. The second kappa shape index (κ2) is 11.9. The summed E-state index contributed by atoms with van der Waals surface area (Å²) in [6.45, 7) is -0.452. The summed E-state index contributed by atoms with van der Waals surface area (Å²) in [7, 11) is 6.17. The van der Waals surface area contributed by atoms with Gasteiger partial charge in [0.2, 0.25) is 11.7 Å². The zero-order valence-corrected chi connectivity index (χ0v) is 18.1. The molecule has 4 N–H and O–H groups in total. The monoisotopic (exact) mass is 438 g/mol. The second-order valence-corrected chi connectivity index (χ2v) is 6.02. The molecular formula is C21H27ClN2O6. The number of amides is 1. The summed E-state index contributed by atoms with van der Waals surface area (Å²) in [5.41, 5.74) is 7.62. The number of carbonyl (C=O) groups is 1. The molecule has 0 spiro atoms. The van der Waals surface area contributed by atoms with Crippen molar-refractivity contribution in [1.82, 2.24) is 0 Å². The lowest BCUT2D eigenvalue weighted by atomic mass is 10.1. The van der Waals surface area contributed by atoms with Crippen LogP contribution in [0.4, 0.5) is 5.69 Å². The Balaban J connectivity index is 0.00000450. The minimum atomic E-state index is -1.02. The van der Waals surface area contributed by atoms with Crippen LogP contribution >= 0.6 is 12.4 Å². The summed E-state index contributed by atoms with van der Waals surface area (Å²) in [5, 5.41) is 11.8. The highest BCUT2D eigenvalue weighted by Crippen LogP contribution is 2.38. The first-order valence-corrected chi connectivity index (χ1v) is 8.80. The molecule has 8 nitrogen and oxygen atoms in total. The van der Waals surface area contributed by atoms with E-state index in [2.05, 4.69) is 5.32 Å². The van der Waals surface area contributed by atoms with Crippen LogP contribution in [0.15, 0.2) is 30.3 Å². The largest absolute Gasteiger partial charge is 0.497 e. The Bertz CT molecular complexity index is 863. The Kier molecular flexibility index (Phi) is 9.97.